The second kappa shape index (κ2) is 7.31. The van der Waals surface area contributed by atoms with Gasteiger partial charge in [0.15, 0.2) is 0 Å². The summed E-state index contributed by atoms with van der Waals surface area (Å²) in [7, 11) is 0. The number of benzene rings is 1. The fourth-order valence-corrected chi connectivity index (χ4v) is 3.39. The number of Topliss-reactive ketones (excluding diaryl/α,β-unsaturated/α-hetero) is 1. The highest BCUT2D eigenvalue weighted by Crippen LogP contribution is 2.23. The quantitative estimate of drug-likeness (QED) is 0.736. The lowest BCUT2D eigenvalue weighted by molar-refractivity contribution is -0.117. The number of carbonyl (C=O) groups excluding carboxylic acids is 1. The maximum Gasteiger partial charge on any atom is 0.143 e. The molecule has 1 atom stereocenters. The molecule has 0 aliphatic carbocycles. The first-order chi connectivity index (χ1) is 8.74. The predicted molar refractivity (Wildman–Crippen MR) is 78.1 cm³/mol. The first-order valence-corrected chi connectivity index (χ1v) is 8.03. The van der Waals surface area contributed by atoms with E-state index in [9.17, 15) is 4.79 Å². The number of hydrogen-bond acceptors (Lipinski definition) is 3. The van der Waals surface area contributed by atoms with Crippen molar-refractivity contribution in [1.82, 2.24) is 0 Å². The standard InChI is InChI=1S/C14H17BrO2S/c15-11-3-1-5-14(9-11)18-10-12(16)6-7-13-4-2-8-17-13/h1,3,5,9,13H,2,4,6-8,10H2. The van der Waals surface area contributed by atoms with Crippen LogP contribution in [0, 0.1) is 0 Å². The Bertz CT molecular complexity index is 403. The van der Waals surface area contributed by atoms with Crippen LogP contribution in [0.1, 0.15) is 25.7 Å². The molecule has 4 heteroatoms. The molecule has 1 aliphatic rings. The van der Waals surface area contributed by atoms with E-state index in [-0.39, 0.29) is 0 Å². The van der Waals surface area contributed by atoms with Crippen molar-refractivity contribution in [2.24, 2.45) is 0 Å². The molecule has 98 valence electrons. The van der Waals surface area contributed by atoms with E-state index < -0.39 is 0 Å². The zero-order valence-electron chi connectivity index (χ0n) is 10.2. The van der Waals surface area contributed by atoms with Gasteiger partial charge in [-0.3, -0.25) is 4.79 Å². The molecule has 18 heavy (non-hydrogen) atoms. The number of thioether (sulfide) groups is 1. The van der Waals surface area contributed by atoms with Crippen LogP contribution in [0.3, 0.4) is 0 Å². The largest absolute Gasteiger partial charge is 0.378 e. The highest BCUT2D eigenvalue weighted by Gasteiger charge is 2.16. The second-order valence-electron chi connectivity index (χ2n) is 4.46. The zero-order chi connectivity index (χ0) is 12.8. The monoisotopic (exact) mass is 328 g/mol. The lowest BCUT2D eigenvalue weighted by Gasteiger charge is -2.08. The van der Waals surface area contributed by atoms with Gasteiger partial charge in [0.2, 0.25) is 0 Å². The molecular weight excluding hydrogens is 312 g/mol. The molecule has 0 aromatic heterocycles. The summed E-state index contributed by atoms with van der Waals surface area (Å²) >= 11 is 5.03. The average molecular weight is 329 g/mol. The molecule has 0 saturated carbocycles. The van der Waals surface area contributed by atoms with Gasteiger partial charge in [0.05, 0.1) is 11.9 Å². The van der Waals surface area contributed by atoms with Crippen LogP contribution in [-0.4, -0.2) is 24.2 Å². The third kappa shape index (κ3) is 4.75. The van der Waals surface area contributed by atoms with Crippen LogP contribution in [0.5, 0.6) is 0 Å². The van der Waals surface area contributed by atoms with Crippen LogP contribution >= 0.6 is 27.7 Å². The number of carbonyl (C=O) groups is 1. The lowest BCUT2D eigenvalue weighted by Crippen LogP contribution is -2.09. The summed E-state index contributed by atoms with van der Waals surface area (Å²) < 4.78 is 6.57. The molecule has 0 N–H and O–H groups in total. The second-order valence-corrected chi connectivity index (χ2v) is 6.42. The average Bonchev–Trinajstić information content (AvgIpc) is 2.87. The number of ketones is 1. The third-order valence-corrected chi connectivity index (χ3v) is 4.51. The molecule has 2 rings (SSSR count). The Morgan fingerprint density at radius 2 is 2.39 bits per heavy atom. The number of hydrogen-bond donors (Lipinski definition) is 0. The van der Waals surface area contributed by atoms with E-state index in [1.165, 1.54) is 0 Å². The molecule has 0 radical (unpaired) electrons. The lowest BCUT2D eigenvalue weighted by atomic mass is 10.1. The van der Waals surface area contributed by atoms with Crippen molar-refractivity contribution in [2.45, 2.75) is 36.7 Å². The molecule has 1 saturated heterocycles. The molecular formula is C14H17BrO2S. The van der Waals surface area contributed by atoms with Crippen molar-refractivity contribution >= 4 is 33.5 Å². The smallest absolute Gasteiger partial charge is 0.143 e. The van der Waals surface area contributed by atoms with E-state index in [1.54, 1.807) is 11.8 Å². The molecule has 0 bridgehead atoms. The van der Waals surface area contributed by atoms with Crippen LogP contribution in [-0.2, 0) is 9.53 Å². The highest BCUT2D eigenvalue weighted by molar-refractivity contribution is 9.10. The molecule has 1 aromatic rings. The molecule has 1 aromatic carbocycles. The minimum absolute atomic E-state index is 0.315. The maximum absolute atomic E-state index is 11.8. The Labute approximate surface area is 121 Å². The summed E-state index contributed by atoms with van der Waals surface area (Å²) in [6, 6.07) is 8.05. The molecule has 1 aliphatic heterocycles. The molecule has 2 nitrogen and oxygen atoms in total. The van der Waals surface area contributed by atoms with E-state index in [1.807, 2.05) is 24.3 Å². The zero-order valence-corrected chi connectivity index (χ0v) is 12.6. The Morgan fingerprint density at radius 1 is 1.50 bits per heavy atom. The Balaban J connectivity index is 1.68. The normalized spacial score (nSPS) is 19.1. The maximum atomic E-state index is 11.8. The first-order valence-electron chi connectivity index (χ1n) is 6.26. The van der Waals surface area contributed by atoms with Gasteiger partial charge in [0.25, 0.3) is 0 Å². The summed E-state index contributed by atoms with van der Waals surface area (Å²) in [4.78, 5) is 12.9. The van der Waals surface area contributed by atoms with Crippen molar-refractivity contribution in [3.8, 4) is 0 Å². The van der Waals surface area contributed by atoms with Gasteiger partial charge >= 0.3 is 0 Å². The van der Waals surface area contributed by atoms with Crippen LogP contribution in [0.2, 0.25) is 0 Å². The Morgan fingerprint density at radius 3 is 3.11 bits per heavy atom. The predicted octanol–water partition coefficient (Wildman–Crippen LogP) is 4.07. The summed E-state index contributed by atoms with van der Waals surface area (Å²) in [6.07, 6.45) is 4.12. The van der Waals surface area contributed by atoms with E-state index >= 15 is 0 Å². The minimum atomic E-state index is 0.315. The fraction of sp³-hybridized carbons (Fsp3) is 0.500. The van der Waals surface area contributed by atoms with E-state index in [0.29, 0.717) is 24.1 Å². The topological polar surface area (TPSA) is 26.3 Å². The summed E-state index contributed by atoms with van der Waals surface area (Å²) in [5, 5.41) is 0. The van der Waals surface area contributed by atoms with E-state index in [2.05, 4.69) is 15.9 Å². The third-order valence-electron chi connectivity index (χ3n) is 2.97. The van der Waals surface area contributed by atoms with Crippen molar-refractivity contribution in [1.29, 1.82) is 0 Å². The number of halogens is 1. The van der Waals surface area contributed by atoms with Gasteiger partial charge in [-0.1, -0.05) is 22.0 Å². The Kier molecular flexibility index (Phi) is 5.73. The van der Waals surface area contributed by atoms with Crippen molar-refractivity contribution in [3.05, 3.63) is 28.7 Å². The molecule has 0 amide bonds. The van der Waals surface area contributed by atoms with Gasteiger partial charge in [0, 0.05) is 22.4 Å². The number of ether oxygens (including phenoxy) is 1. The summed E-state index contributed by atoms with van der Waals surface area (Å²) in [6.45, 7) is 0.867. The number of rotatable bonds is 6. The van der Waals surface area contributed by atoms with Crippen molar-refractivity contribution < 1.29 is 9.53 Å². The molecule has 0 spiro atoms. The summed E-state index contributed by atoms with van der Waals surface area (Å²) in [5.74, 6) is 0.874. The fourth-order valence-electron chi connectivity index (χ4n) is 1.99. The highest BCUT2D eigenvalue weighted by atomic mass is 79.9. The summed E-state index contributed by atoms with van der Waals surface area (Å²) in [5.41, 5.74) is 0. The van der Waals surface area contributed by atoms with Gasteiger partial charge in [-0.05, 0) is 37.5 Å². The minimum Gasteiger partial charge on any atom is -0.378 e. The van der Waals surface area contributed by atoms with Crippen LogP contribution < -0.4 is 0 Å². The van der Waals surface area contributed by atoms with E-state index in [4.69, 9.17) is 4.74 Å². The van der Waals surface area contributed by atoms with Gasteiger partial charge < -0.3 is 4.74 Å². The SMILES string of the molecule is O=C(CCC1CCCO1)CSc1cccc(Br)c1. The van der Waals surface area contributed by atoms with Gasteiger partial charge in [-0.25, -0.2) is 0 Å². The van der Waals surface area contributed by atoms with E-state index in [0.717, 1.165) is 35.2 Å². The van der Waals surface area contributed by atoms with Crippen molar-refractivity contribution in [3.63, 3.8) is 0 Å². The van der Waals surface area contributed by atoms with Crippen LogP contribution in [0.25, 0.3) is 0 Å². The first kappa shape index (κ1) is 14.1. The molecule has 1 unspecified atom stereocenters. The molecule has 1 heterocycles. The van der Waals surface area contributed by atoms with Gasteiger partial charge in [0.1, 0.15) is 5.78 Å². The van der Waals surface area contributed by atoms with Crippen LogP contribution in [0.15, 0.2) is 33.6 Å². The van der Waals surface area contributed by atoms with Gasteiger partial charge in [-0.15, -0.1) is 11.8 Å². The van der Waals surface area contributed by atoms with Crippen LogP contribution in [0.4, 0.5) is 0 Å². The van der Waals surface area contributed by atoms with Gasteiger partial charge in [-0.2, -0.15) is 0 Å². The van der Waals surface area contributed by atoms with Crippen molar-refractivity contribution in [2.75, 3.05) is 12.4 Å². The molecule has 1 fully saturated rings. The Hall–Kier alpha value is -0.320.